The molecule has 34 heavy (non-hydrogen) atoms. The maximum Gasteiger partial charge on any atom is 0.255 e. The monoisotopic (exact) mass is 458 g/mol. The first-order chi connectivity index (χ1) is 16.2. The standard InChI is InChI=1S/C27H34N6O/c1-17(2)31-26(34)22-16-30-25(33-20-7-6-18-8-10-28-15-19(18)12-20)14-23(22)32-21-9-11-29-24(13-21)27(3,4)5/h6-7,9,11-14,16-17,28H,8,10,15H2,1-5H3,(H,31,34)(H2,29,30,32,33). The van der Waals surface area contributed by atoms with Crippen molar-refractivity contribution in [1.82, 2.24) is 20.6 Å². The fraction of sp³-hybridized carbons (Fsp3) is 0.370. The number of rotatable bonds is 6. The Morgan fingerprint density at radius 1 is 1.00 bits per heavy atom. The van der Waals surface area contributed by atoms with Gasteiger partial charge in [0.15, 0.2) is 0 Å². The summed E-state index contributed by atoms with van der Waals surface area (Å²) in [6.07, 6.45) is 4.45. The lowest BCUT2D eigenvalue weighted by Crippen LogP contribution is -2.30. The lowest BCUT2D eigenvalue weighted by molar-refractivity contribution is 0.0943. The van der Waals surface area contributed by atoms with Crippen molar-refractivity contribution in [3.05, 3.63) is 71.2 Å². The van der Waals surface area contributed by atoms with Crippen LogP contribution < -0.4 is 21.3 Å². The van der Waals surface area contributed by atoms with E-state index in [2.05, 4.69) is 70.2 Å². The van der Waals surface area contributed by atoms with Crippen LogP contribution >= 0.6 is 0 Å². The highest BCUT2D eigenvalue weighted by Crippen LogP contribution is 2.28. The molecule has 1 aliphatic rings. The fourth-order valence-electron chi connectivity index (χ4n) is 3.93. The van der Waals surface area contributed by atoms with Crippen LogP contribution in [0.25, 0.3) is 0 Å². The molecule has 1 amide bonds. The van der Waals surface area contributed by atoms with E-state index in [1.807, 2.05) is 32.0 Å². The zero-order valence-corrected chi connectivity index (χ0v) is 20.6. The Hall–Kier alpha value is -3.45. The van der Waals surface area contributed by atoms with Crippen LogP contribution in [0.4, 0.5) is 22.9 Å². The number of amides is 1. The van der Waals surface area contributed by atoms with Crippen LogP contribution in [0.2, 0.25) is 0 Å². The van der Waals surface area contributed by atoms with Gasteiger partial charge >= 0.3 is 0 Å². The summed E-state index contributed by atoms with van der Waals surface area (Å²) in [6.45, 7) is 12.2. The number of aromatic nitrogens is 2. The molecule has 2 aromatic heterocycles. The van der Waals surface area contributed by atoms with Crippen molar-refractivity contribution in [2.24, 2.45) is 0 Å². The van der Waals surface area contributed by atoms with Gasteiger partial charge in [0.1, 0.15) is 5.82 Å². The van der Waals surface area contributed by atoms with Crippen molar-refractivity contribution in [1.29, 1.82) is 0 Å². The summed E-state index contributed by atoms with van der Waals surface area (Å²) in [5.74, 6) is 0.499. The van der Waals surface area contributed by atoms with Crippen LogP contribution in [0, 0.1) is 0 Å². The number of anilines is 4. The molecule has 1 aromatic carbocycles. The van der Waals surface area contributed by atoms with Gasteiger partial charge in [0.2, 0.25) is 0 Å². The third-order valence-electron chi connectivity index (χ3n) is 5.74. The second-order valence-electron chi connectivity index (χ2n) is 10.1. The van der Waals surface area contributed by atoms with E-state index in [9.17, 15) is 4.79 Å². The van der Waals surface area contributed by atoms with Crippen LogP contribution in [0.15, 0.2) is 48.8 Å². The van der Waals surface area contributed by atoms with Crippen molar-refractivity contribution in [3.63, 3.8) is 0 Å². The molecule has 0 spiro atoms. The number of nitrogens with zero attached hydrogens (tertiary/aromatic N) is 2. The minimum Gasteiger partial charge on any atom is -0.355 e. The first kappa shape index (κ1) is 23.7. The van der Waals surface area contributed by atoms with Crippen LogP contribution in [-0.4, -0.2) is 28.5 Å². The van der Waals surface area contributed by atoms with Gasteiger partial charge in [-0.3, -0.25) is 9.78 Å². The lowest BCUT2D eigenvalue weighted by atomic mass is 9.91. The van der Waals surface area contributed by atoms with Gasteiger partial charge in [-0.05, 0) is 62.2 Å². The van der Waals surface area contributed by atoms with Crippen LogP contribution in [0.1, 0.15) is 61.8 Å². The normalized spacial score (nSPS) is 13.4. The zero-order chi connectivity index (χ0) is 24.3. The van der Waals surface area contributed by atoms with E-state index in [0.717, 1.165) is 36.6 Å². The van der Waals surface area contributed by atoms with Crippen molar-refractivity contribution >= 4 is 28.8 Å². The number of benzene rings is 1. The van der Waals surface area contributed by atoms with E-state index < -0.39 is 0 Å². The number of carbonyl (C=O) groups excluding carboxylic acids is 1. The Morgan fingerprint density at radius 3 is 2.56 bits per heavy atom. The summed E-state index contributed by atoms with van der Waals surface area (Å²) < 4.78 is 0. The zero-order valence-electron chi connectivity index (χ0n) is 20.6. The summed E-state index contributed by atoms with van der Waals surface area (Å²) in [7, 11) is 0. The Kier molecular flexibility index (Phi) is 6.84. The molecule has 0 saturated heterocycles. The highest BCUT2D eigenvalue weighted by Gasteiger charge is 2.18. The maximum atomic E-state index is 12.9. The predicted molar refractivity (Wildman–Crippen MR) is 138 cm³/mol. The molecule has 4 N–H and O–H groups in total. The topological polar surface area (TPSA) is 91.0 Å². The summed E-state index contributed by atoms with van der Waals surface area (Å²) in [4.78, 5) is 21.9. The molecule has 3 heterocycles. The van der Waals surface area contributed by atoms with Gasteiger partial charge in [0.05, 0.1) is 11.3 Å². The van der Waals surface area contributed by atoms with Gasteiger partial charge in [-0.2, -0.15) is 0 Å². The van der Waals surface area contributed by atoms with E-state index in [1.54, 1.807) is 12.4 Å². The minimum atomic E-state index is -0.165. The van der Waals surface area contributed by atoms with Gasteiger partial charge < -0.3 is 21.3 Å². The molecule has 4 rings (SSSR count). The quantitative estimate of drug-likeness (QED) is 0.413. The third kappa shape index (κ3) is 5.72. The van der Waals surface area contributed by atoms with Gasteiger partial charge in [-0.1, -0.05) is 26.8 Å². The molecule has 0 aliphatic carbocycles. The van der Waals surface area contributed by atoms with Crippen LogP contribution in [-0.2, 0) is 18.4 Å². The molecule has 3 aromatic rings. The van der Waals surface area contributed by atoms with E-state index in [4.69, 9.17) is 0 Å². The van der Waals surface area contributed by atoms with E-state index in [0.29, 0.717) is 17.1 Å². The third-order valence-corrected chi connectivity index (χ3v) is 5.74. The molecule has 0 fully saturated rings. The summed E-state index contributed by atoms with van der Waals surface area (Å²) in [5, 5.41) is 13.2. The molecule has 0 bridgehead atoms. The number of nitrogens with one attached hydrogen (secondary N) is 4. The summed E-state index contributed by atoms with van der Waals surface area (Å²) in [5.41, 5.74) is 6.59. The molecule has 0 atom stereocenters. The van der Waals surface area contributed by atoms with Crippen molar-refractivity contribution < 1.29 is 4.79 Å². The highest BCUT2D eigenvalue weighted by atomic mass is 16.1. The fourth-order valence-corrected chi connectivity index (χ4v) is 3.93. The summed E-state index contributed by atoms with van der Waals surface area (Å²) >= 11 is 0. The average molecular weight is 459 g/mol. The van der Waals surface area contributed by atoms with Crippen molar-refractivity contribution in [2.45, 2.75) is 59.0 Å². The SMILES string of the molecule is CC(C)NC(=O)c1cnc(Nc2ccc3c(c2)CNCC3)cc1Nc1ccnc(C(C)(C)C)c1. The Balaban J connectivity index is 1.65. The molecule has 0 unspecified atom stereocenters. The highest BCUT2D eigenvalue weighted by molar-refractivity contribution is 6.00. The van der Waals surface area contributed by atoms with Gasteiger partial charge in [0, 0.05) is 53.5 Å². The summed E-state index contributed by atoms with van der Waals surface area (Å²) in [6, 6.07) is 12.2. The van der Waals surface area contributed by atoms with Crippen molar-refractivity contribution in [2.75, 3.05) is 17.2 Å². The Labute approximate surface area is 201 Å². The largest absolute Gasteiger partial charge is 0.355 e. The molecule has 7 nitrogen and oxygen atoms in total. The number of pyridine rings is 2. The van der Waals surface area contributed by atoms with E-state index >= 15 is 0 Å². The predicted octanol–water partition coefficient (Wildman–Crippen LogP) is 5.05. The van der Waals surface area contributed by atoms with Crippen LogP contribution in [0.3, 0.4) is 0 Å². The number of hydrogen-bond donors (Lipinski definition) is 4. The van der Waals surface area contributed by atoms with Crippen molar-refractivity contribution in [3.8, 4) is 0 Å². The first-order valence-corrected chi connectivity index (χ1v) is 11.8. The second-order valence-corrected chi connectivity index (χ2v) is 10.1. The smallest absolute Gasteiger partial charge is 0.255 e. The van der Waals surface area contributed by atoms with E-state index in [-0.39, 0.29) is 17.4 Å². The van der Waals surface area contributed by atoms with Gasteiger partial charge in [-0.25, -0.2) is 4.98 Å². The molecule has 7 heteroatoms. The Morgan fingerprint density at radius 2 is 1.79 bits per heavy atom. The van der Waals surface area contributed by atoms with E-state index in [1.165, 1.54) is 11.1 Å². The molecule has 1 aliphatic heterocycles. The maximum absolute atomic E-state index is 12.9. The Bertz CT molecular complexity index is 1180. The van der Waals surface area contributed by atoms with Crippen LogP contribution in [0.5, 0.6) is 0 Å². The number of fused-ring (bicyclic) bond motifs is 1. The second kappa shape index (κ2) is 9.81. The van der Waals surface area contributed by atoms with Gasteiger partial charge in [0.25, 0.3) is 5.91 Å². The molecule has 0 radical (unpaired) electrons. The minimum absolute atomic E-state index is 0.0238. The molecular weight excluding hydrogens is 424 g/mol. The number of hydrogen-bond acceptors (Lipinski definition) is 6. The average Bonchev–Trinajstić information content (AvgIpc) is 2.78. The molecular formula is C27H34N6O. The molecule has 0 saturated carbocycles. The molecule has 178 valence electrons. The first-order valence-electron chi connectivity index (χ1n) is 11.8. The van der Waals surface area contributed by atoms with Gasteiger partial charge in [-0.15, -0.1) is 0 Å². The number of carbonyl (C=O) groups is 1. The lowest BCUT2D eigenvalue weighted by Gasteiger charge is -2.20.